The van der Waals surface area contributed by atoms with Crippen LogP contribution >= 0.6 is 0 Å². The Bertz CT molecular complexity index is 323. The minimum atomic E-state index is -0.163. The first-order chi connectivity index (χ1) is 7.97. The molecule has 0 aliphatic carbocycles. The van der Waals surface area contributed by atoms with Crippen molar-refractivity contribution in [1.82, 2.24) is 4.90 Å². The Kier molecular flexibility index (Phi) is 4.85. The van der Waals surface area contributed by atoms with Crippen molar-refractivity contribution in [2.24, 2.45) is 11.8 Å². The van der Waals surface area contributed by atoms with Gasteiger partial charge in [-0.1, -0.05) is 20.8 Å². The van der Waals surface area contributed by atoms with E-state index in [0.717, 1.165) is 0 Å². The average molecular weight is 239 g/mol. The second kappa shape index (κ2) is 5.94. The molecule has 1 rings (SSSR count). The molecule has 0 aromatic heterocycles. The number of ketones is 1. The third-order valence-electron chi connectivity index (χ3n) is 3.32. The fraction of sp³-hybridized carbons (Fsp3) is 0.769. The first-order valence-corrected chi connectivity index (χ1v) is 6.33. The molecule has 4 nitrogen and oxygen atoms in total. The van der Waals surface area contributed by atoms with E-state index < -0.39 is 0 Å². The summed E-state index contributed by atoms with van der Waals surface area (Å²) in [7, 11) is 0. The molecular weight excluding hydrogens is 218 g/mol. The molecule has 0 aromatic carbocycles. The van der Waals surface area contributed by atoms with E-state index in [2.05, 4.69) is 0 Å². The van der Waals surface area contributed by atoms with Crippen LogP contribution in [0.2, 0.25) is 0 Å². The number of hydrogen-bond acceptors (Lipinski definition) is 3. The van der Waals surface area contributed by atoms with Crippen LogP contribution < -0.4 is 0 Å². The number of Topliss-reactive ketones (excluding diaryl/α,β-unsaturated/α-hetero) is 1. The summed E-state index contributed by atoms with van der Waals surface area (Å²) in [6.45, 7) is 6.13. The summed E-state index contributed by atoms with van der Waals surface area (Å²) in [4.78, 5) is 36.0. The molecule has 1 saturated heterocycles. The molecule has 1 aliphatic rings. The molecule has 17 heavy (non-hydrogen) atoms. The minimum absolute atomic E-state index is 0.0612. The molecule has 1 heterocycles. The lowest BCUT2D eigenvalue weighted by Gasteiger charge is -2.15. The maximum atomic E-state index is 11.9. The van der Waals surface area contributed by atoms with Crippen molar-refractivity contribution < 1.29 is 14.4 Å². The van der Waals surface area contributed by atoms with Gasteiger partial charge in [0.15, 0.2) is 0 Å². The van der Waals surface area contributed by atoms with Gasteiger partial charge in [-0.05, 0) is 12.3 Å². The lowest BCUT2D eigenvalue weighted by molar-refractivity contribution is -0.140. The van der Waals surface area contributed by atoms with E-state index >= 15 is 0 Å². The summed E-state index contributed by atoms with van der Waals surface area (Å²) in [6.07, 6.45) is 1.91. The molecule has 0 spiro atoms. The summed E-state index contributed by atoms with van der Waals surface area (Å²) in [5, 5.41) is 0. The van der Waals surface area contributed by atoms with Crippen molar-refractivity contribution in [3.63, 3.8) is 0 Å². The second-order valence-electron chi connectivity index (χ2n) is 4.93. The van der Waals surface area contributed by atoms with Gasteiger partial charge in [-0.15, -0.1) is 0 Å². The molecule has 0 aromatic rings. The van der Waals surface area contributed by atoms with Crippen LogP contribution in [0.5, 0.6) is 0 Å². The Balaban J connectivity index is 2.46. The summed E-state index contributed by atoms with van der Waals surface area (Å²) in [6, 6.07) is 0. The molecule has 2 amide bonds. The molecule has 4 heteroatoms. The van der Waals surface area contributed by atoms with E-state index in [1.807, 2.05) is 20.8 Å². The summed E-state index contributed by atoms with van der Waals surface area (Å²) in [5.74, 6) is 0.0780. The molecule has 96 valence electrons. The van der Waals surface area contributed by atoms with Crippen LogP contribution in [0, 0.1) is 11.8 Å². The number of likely N-dealkylation sites (tertiary alicyclic amines) is 1. The van der Waals surface area contributed by atoms with Gasteiger partial charge in [0.1, 0.15) is 5.78 Å². The van der Waals surface area contributed by atoms with Crippen LogP contribution in [0.25, 0.3) is 0 Å². The minimum Gasteiger partial charge on any atom is -0.300 e. The van der Waals surface area contributed by atoms with Crippen LogP contribution in [0.3, 0.4) is 0 Å². The van der Waals surface area contributed by atoms with E-state index in [4.69, 9.17) is 0 Å². The van der Waals surface area contributed by atoms with Gasteiger partial charge in [0.2, 0.25) is 11.8 Å². The molecule has 1 fully saturated rings. The quantitative estimate of drug-likeness (QED) is 0.664. The van der Waals surface area contributed by atoms with E-state index in [0.29, 0.717) is 32.2 Å². The SMILES string of the molecule is CCC(=O)CCCN1C(=O)CC(C(C)C)C1=O. The Morgan fingerprint density at radius 3 is 2.53 bits per heavy atom. The highest BCUT2D eigenvalue weighted by Crippen LogP contribution is 2.26. The van der Waals surface area contributed by atoms with Crippen LogP contribution in [0.1, 0.15) is 46.5 Å². The number of imide groups is 1. The molecule has 1 aliphatic heterocycles. The van der Waals surface area contributed by atoms with Crippen molar-refractivity contribution in [1.29, 1.82) is 0 Å². The Hall–Kier alpha value is -1.19. The van der Waals surface area contributed by atoms with Crippen LogP contribution in [-0.4, -0.2) is 29.0 Å². The van der Waals surface area contributed by atoms with E-state index in [1.54, 1.807) is 0 Å². The third kappa shape index (κ3) is 3.38. The highest BCUT2D eigenvalue weighted by Gasteiger charge is 2.39. The first-order valence-electron chi connectivity index (χ1n) is 6.33. The van der Waals surface area contributed by atoms with E-state index in [9.17, 15) is 14.4 Å². The van der Waals surface area contributed by atoms with E-state index in [-0.39, 0.29) is 29.4 Å². The standard InChI is InChI=1S/C13H21NO3/c1-4-10(15)6-5-7-14-12(16)8-11(9(2)3)13(14)17/h9,11H,4-8H2,1-3H3. The number of amides is 2. The topological polar surface area (TPSA) is 54.5 Å². The third-order valence-corrected chi connectivity index (χ3v) is 3.32. The fourth-order valence-electron chi connectivity index (χ4n) is 2.08. The van der Waals surface area contributed by atoms with E-state index in [1.165, 1.54) is 4.90 Å². The molecular formula is C13H21NO3. The molecule has 0 N–H and O–H groups in total. The van der Waals surface area contributed by atoms with Crippen LogP contribution in [0.15, 0.2) is 0 Å². The Morgan fingerprint density at radius 1 is 1.41 bits per heavy atom. The fourth-order valence-corrected chi connectivity index (χ4v) is 2.08. The van der Waals surface area contributed by atoms with Crippen LogP contribution in [0.4, 0.5) is 0 Å². The average Bonchev–Trinajstić information content (AvgIpc) is 2.56. The molecule has 1 atom stereocenters. The lowest BCUT2D eigenvalue weighted by atomic mass is 9.94. The lowest BCUT2D eigenvalue weighted by Crippen LogP contribution is -2.32. The van der Waals surface area contributed by atoms with Gasteiger partial charge in [0.05, 0.1) is 0 Å². The maximum absolute atomic E-state index is 11.9. The summed E-state index contributed by atoms with van der Waals surface area (Å²) in [5.41, 5.74) is 0. The Morgan fingerprint density at radius 2 is 2.06 bits per heavy atom. The van der Waals surface area contributed by atoms with Crippen molar-refractivity contribution in [2.75, 3.05) is 6.54 Å². The Labute approximate surface area is 102 Å². The number of rotatable bonds is 6. The van der Waals surface area contributed by atoms with Crippen molar-refractivity contribution >= 4 is 17.6 Å². The van der Waals surface area contributed by atoms with Gasteiger partial charge < -0.3 is 0 Å². The number of nitrogens with zero attached hydrogens (tertiary/aromatic N) is 1. The normalized spacial score (nSPS) is 20.5. The maximum Gasteiger partial charge on any atom is 0.233 e. The van der Waals surface area contributed by atoms with Crippen molar-refractivity contribution in [2.45, 2.75) is 46.5 Å². The van der Waals surface area contributed by atoms with Gasteiger partial charge in [0.25, 0.3) is 0 Å². The number of carbonyl (C=O) groups is 3. The molecule has 0 saturated carbocycles. The zero-order valence-corrected chi connectivity index (χ0v) is 10.9. The summed E-state index contributed by atoms with van der Waals surface area (Å²) >= 11 is 0. The molecule has 0 radical (unpaired) electrons. The van der Waals surface area contributed by atoms with Gasteiger partial charge in [0, 0.05) is 31.7 Å². The highest BCUT2D eigenvalue weighted by atomic mass is 16.2. The molecule has 0 bridgehead atoms. The second-order valence-corrected chi connectivity index (χ2v) is 4.93. The highest BCUT2D eigenvalue weighted by molar-refractivity contribution is 6.03. The van der Waals surface area contributed by atoms with Gasteiger partial charge in [-0.25, -0.2) is 0 Å². The number of hydrogen-bond donors (Lipinski definition) is 0. The largest absolute Gasteiger partial charge is 0.300 e. The predicted molar refractivity (Wildman–Crippen MR) is 64.2 cm³/mol. The zero-order chi connectivity index (χ0) is 13.0. The van der Waals surface area contributed by atoms with Crippen LogP contribution in [-0.2, 0) is 14.4 Å². The monoisotopic (exact) mass is 239 g/mol. The van der Waals surface area contributed by atoms with Gasteiger partial charge in [-0.3, -0.25) is 19.3 Å². The van der Waals surface area contributed by atoms with Gasteiger partial charge in [-0.2, -0.15) is 0 Å². The summed E-state index contributed by atoms with van der Waals surface area (Å²) < 4.78 is 0. The van der Waals surface area contributed by atoms with Crippen molar-refractivity contribution in [3.8, 4) is 0 Å². The zero-order valence-electron chi connectivity index (χ0n) is 10.9. The predicted octanol–water partition coefficient (Wildman–Crippen LogP) is 1.78. The van der Waals surface area contributed by atoms with Gasteiger partial charge >= 0.3 is 0 Å². The first kappa shape index (κ1) is 13.9. The van der Waals surface area contributed by atoms with Crippen molar-refractivity contribution in [3.05, 3.63) is 0 Å². The number of carbonyl (C=O) groups excluding carboxylic acids is 3. The molecule has 1 unspecified atom stereocenters. The smallest absolute Gasteiger partial charge is 0.233 e.